The van der Waals surface area contributed by atoms with Crippen LogP contribution in [0.2, 0.25) is 0 Å². The first-order chi connectivity index (χ1) is 7.74. The van der Waals surface area contributed by atoms with Crippen molar-refractivity contribution in [3.63, 3.8) is 0 Å². The van der Waals surface area contributed by atoms with Crippen LogP contribution in [0.25, 0.3) is 0 Å². The second-order valence-electron chi connectivity index (χ2n) is 3.23. The van der Waals surface area contributed by atoms with Crippen LogP contribution in [0.5, 0.6) is 0 Å². The summed E-state index contributed by atoms with van der Waals surface area (Å²) in [6, 6.07) is 0. The number of hydrogen-bond donors (Lipinski definition) is 0. The second kappa shape index (κ2) is 4.44. The molecule has 0 aliphatic heterocycles. The molecule has 2 aliphatic rings. The molecule has 2 radical (unpaired) electrons. The molecule has 0 bridgehead atoms. The van der Waals surface area contributed by atoms with Crippen molar-refractivity contribution in [1.29, 1.82) is 0 Å². The van der Waals surface area contributed by atoms with E-state index in [0.29, 0.717) is 11.4 Å². The minimum atomic E-state index is 0.198. The molecule has 0 saturated heterocycles. The van der Waals surface area contributed by atoms with Gasteiger partial charge < -0.3 is 0 Å². The Morgan fingerprint density at radius 2 is 0.875 bits per heavy atom. The third-order valence-corrected chi connectivity index (χ3v) is 1.98. The monoisotopic (exact) mass is 208 g/mol. The molecule has 0 saturated carbocycles. The molecule has 76 valence electrons. The van der Waals surface area contributed by atoms with Gasteiger partial charge in [0.15, 0.2) is 0 Å². The highest BCUT2D eigenvalue weighted by atomic mass is 15.2. The van der Waals surface area contributed by atoms with E-state index in [9.17, 15) is 0 Å². The van der Waals surface area contributed by atoms with Gasteiger partial charge in [-0.1, -0.05) is 0 Å². The SMILES string of the molecule is [N]=C1C=CC(=NN=C2C=CC(=[N])C=C2)C=C1. The first kappa shape index (κ1) is 10.2. The zero-order valence-corrected chi connectivity index (χ0v) is 8.41. The molecule has 0 spiro atoms. The van der Waals surface area contributed by atoms with E-state index in [2.05, 4.69) is 10.2 Å². The molecule has 0 atom stereocenters. The van der Waals surface area contributed by atoms with Gasteiger partial charge in [0.1, 0.15) is 0 Å². The normalized spacial score (nSPS) is 18.2. The van der Waals surface area contributed by atoms with E-state index in [-0.39, 0.29) is 11.4 Å². The maximum absolute atomic E-state index is 9.07. The van der Waals surface area contributed by atoms with Crippen molar-refractivity contribution in [2.75, 3.05) is 0 Å². The lowest BCUT2D eigenvalue weighted by atomic mass is 10.1. The third kappa shape index (κ3) is 2.57. The van der Waals surface area contributed by atoms with Crippen molar-refractivity contribution < 1.29 is 0 Å². The predicted octanol–water partition coefficient (Wildman–Crippen LogP) is 0.518. The average molecular weight is 208 g/mol. The average Bonchev–Trinajstić information content (AvgIpc) is 2.30. The molecule has 2 aliphatic carbocycles. The Morgan fingerprint density at radius 3 is 1.19 bits per heavy atom. The van der Waals surface area contributed by atoms with E-state index < -0.39 is 0 Å². The molecule has 4 heteroatoms. The van der Waals surface area contributed by atoms with Crippen molar-refractivity contribution in [3.05, 3.63) is 48.6 Å². The van der Waals surface area contributed by atoms with Crippen molar-refractivity contribution in [1.82, 2.24) is 10.8 Å². The topological polar surface area (TPSA) is 69.3 Å². The third-order valence-electron chi connectivity index (χ3n) is 1.98. The van der Waals surface area contributed by atoms with Crippen molar-refractivity contribution in [3.8, 4) is 0 Å². The molecule has 16 heavy (non-hydrogen) atoms. The van der Waals surface area contributed by atoms with Gasteiger partial charge in [0.25, 0.3) is 0 Å². The molecular weight excluding hydrogens is 200 g/mol. The van der Waals surface area contributed by atoms with Gasteiger partial charge in [-0.15, -0.1) is 0 Å². The highest BCUT2D eigenvalue weighted by Gasteiger charge is 1.99. The molecule has 0 heterocycles. The Labute approximate surface area is 93.1 Å². The van der Waals surface area contributed by atoms with Crippen molar-refractivity contribution in [2.45, 2.75) is 0 Å². The van der Waals surface area contributed by atoms with Crippen LogP contribution >= 0.6 is 0 Å². The van der Waals surface area contributed by atoms with Crippen molar-refractivity contribution in [2.24, 2.45) is 10.2 Å². The standard InChI is InChI=1S/C12H8N4/c13-9-1-5-11(6-2-9)15-16-12-7-3-10(14)4-8-12/h1-8H. The van der Waals surface area contributed by atoms with Gasteiger partial charge in [-0.3, -0.25) is 0 Å². The van der Waals surface area contributed by atoms with Crippen LogP contribution in [-0.2, 0) is 0 Å². The molecule has 0 N–H and O–H groups in total. The summed E-state index contributed by atoms with van der Waals surface area (Å²) in [6.07, 6.45) is 12.9. The Kier molecular flexibility index (Phi) is 2.82. The van der Waals surface area contributed by atoms with Crippen molar-refractivity contribution >= 4 is 22.8 Å². The summed E-state index contributed by atoms with van der Waals surface area (Å²) >= 11 is 0. The van der Waals surface area contributed by atoms with E-state index in [1.54, 1.807) is 48.6 Å². The van der Waals surface area contributed by atoms with Gasteiger partial charge in [-0.2, -0.15) is 21.0 Å². The lowest BCUT2D eigenvalue weighted by Crippen LogP contribution is -2.02. The maximum Gasteiger partial charge on any atom is 0.0858 e. The van der Waals surface area contributed by atoms with Crippen LogP contribution in [0, 0.1) is 0 Å². The molecular formula is C12H8N4. The largest absolute Gasteiger partial charge is 0.151 e. The van der Waals surface area contributed by atoms with Crippen LogP contribution in [0.15, 0.2) is 58.8 Å². The summed E-state index contributed by atoms with van der Waals surface area (Å²) in [5.41, 5.74) is 1.71. The molecule has 0 unspecified atom stereocenters. The second-order valence-corrected chi connectivity index (χ2v) is 3.23. The number of nitrogens with zero attached hydrogens (tertiary/aromatic N) is 4. The summed E-state index contributed by atoms with van der Waals surface area (Å²) < 4.78 is 0. The van der Waals surface area contributed by atoms with Crippen LogP contribution in [0.1, 0.15) is 0 Å². The van der Waals surface area contributed by atoms with Gasteiger partial charge in [0, 0.05) is 0 Å². The molecule has 2 rings (SSSR count). The Balaban J connectivity index is 2.12. The van der Waals surface area contributed by atoms with E-state index >= 15 is 0 Å². The molecule has 0 amide bonds. The van der Waals surface area contributed by atoms with E-state index in [4.69, 9.17) is 10.8 Å². The molecule has 0 fully saturated rings. The Morgan fingerprint density at radius 1 is 0.562 bits per heavy atom. The summed E-state index contributed by atoms with van der Waals surface area (Å²) in [5.74, 6) is 0. The fourth-order valence-corrected chi connectivity index (χ4v) is 1.15. The van der Waals surface area contributed by atoms with E-state index in [0.717, 1.165) is 0 Å². The maximum atomic E-state index is 9.07. The van der Waals surface area contributed by atoms with Gasteiger partial charge in [-0.05, 0) is 48.6 Å². The van der Waals surface area contributed by atoms with E-state index in [1.165, 1.54) is 0 Å². The quantitative estimate of drug-likeness (QED) is 0.445. The van der Waals surface area contributed by atoms with Gasteiger partial charge in [-0.25, -0.2) is 0 Å². The first-order valence-electron chi connectivity index (χ1n) is 4.74. The minimum Gasteiger partial charge on any atom is -0.151 e. The molecule has 4 nitrogen and oxygen atoms in total. The summed E-state index contributed by atoms with van der Waals surface area (Å²) in [5, 5.41) is 26.1. The van der Waals surface area contributed by atoms with Gasteiger partial charge in [0.05, 0.1) is 22.8 Å². The molecule has 0 aromatic carbocycles. The number of rotatable bonds is 1. The van der Waals surface area contributed by atoms with Crippen LogP contribution < -0.4 is 10.8 Å². The Hall–Kier alpha value is -2.36. The zero-order valence-electron chi connectivity index (χ0n) is 8.41. The number of hydrogen-bond acceptors (Lipinski definition) is 2. The summed E-state index contributed by atoms with van der Waals surface area (Å²) in [4.78, 5) is 0. The highest BCUT2D eigenvalue weighted by Crippen LogP contribution is 1.99. The fraction of sp³-hybridized carbons (Fsp3) is 0. The fourth-order valence-electron chi connectivity index (χ4n) is 1.15. The lowest BCUT2D eigenvalue weighted by molar-refractivity contribution is 1.25. The van der Waals surface area contributed by atoms with Crippen LogP contribution in [-0.4, -0.2) is 22.8 Å². The highest BCUT2D eigenvalue weighted by molar-refractivity contribution is 6.19. The minimum absolute atomic E-state index is 0.198. The first-order valence-corrected chi connectivity index (χ1v) is 4.74. The summed E-state index contributed by atoms with van der Waals surface area (Å²) in [6.45, 7) is 0. The van der Waals surface area contributed by atoms with Crippen LogP contribution in [0.4, 0.5) is 0 Å². The zero-order chi connectivity index (χ0) is 11.4. The van der Waals surface area contributed by atoms with E-state index in [1.807, 2.05) is 0 Å². The predicted molar refractivity (Wildman–Crippen MR) is 65.7 cm³/mol. The van der Waals surface area contributed by atoms with Gasteiger partial charge >= 0.3 is 0 Å². The Bertz CT molecular complexity index is 429. The summed E-state index contributed by atoms with van der Waals surface area (Å²) in [7, 11) is 0. The smallest absolute Gasteiger partial charge is 0.0858 e. The molecule has 0 aromatic heterocycles. The number of allylic oxidation sites excluding steroid dienone is 8. The van der Waals surface area contributed by atoms with Crippen LogP contribution in [0.3, 0.4) is 0 Å². The molecule has 0 aromatic rings. The lowest BCUT2D eigenvalue weighted by Gasteiger charge is -1.98. The van der Waals surface area contributed by atoms with Gasteiger partial charge in [0.2, 0.25) is 0 Å².